The Balaban J connectivity index is 1.32. The van der Waals surface area contributed by atoms with E-state index in [9.17, 15) is 4.79 Å². The maximum absolute atomic E-state index is 13.0. The summed E-state index contributed by atoms with van der Waals surface area (Å²) < 4.78 is 10.8. The Labute approximate surface area is 186 Å². The predicted molar refractivity (Wildman–Crippen MR) is 117 cm³/mol. The molecule has 3 aromatic rings. The fraction of sp³-hybridized carbons (Fsp3) is 0.238. The minimum absolute atomic E-state index is 0.0784. The Bertz CT molecular complexity index is 1150. The van der Waals surface area contributed by atoms with Crippen LogP contribution >= 0.6 is 34.5 Å². The fourth-order valence-electron chi connectivity index (χ4n) is 3.54. The number of nitrogens with two attached hydrogens (primary N) is 1. The third kappa shape index (κ3) is 3.41. The fourth-order valence-corrected chi connectivity index (χ4v) is 4.69. The minimum Gasteiger partial charge on any atom is -0.454 e. The molecule has 1 amide bonds. The van der Waals surface area contributed by atoms with Gasteiger partial charge in [0.05, 0.1) is 21.5 Å². The van der Waals surface area contributed by atoms with Crippen LogP contribution in [0.3, 0.4) is 0 Å². The highest BCUT2D eigenvalue weighted by Gasteiger charge is 2.52. The van der Waals surface area contributed by atoms with Crippen LogP contribution in [0, 0.1) is 0 Å². The van der Waals surface area contributed by atoms with Crippen molar-refractivity contribution in [3.8, 4) is 11.5 Å². The highest BCUT2D eigenvalue weighted by molar-refractivity contribution is 7.15. The van der Waals surface area contributed by atoms with Crippen LogP contribution < -0.4 is 20.5 Å². The summed E-state index contributed by atoms with van der Waals surface area (Å²) in [5.41, 5.74) is 7.54. The summed E-state index contributed by atoms with van der Waals surface area (Å²) in [6.45, 7) is 0.207. The lowest BCUT2D eigenvalue weighted by Crippen LogP contribution is -2.27. The van der Waals surface area contributed by atoms with Gasteiger partial charge in [-0.2, -0.15) is 0 Å². The van der Waals surface area contributed by atoms with Gasteiger partial charge in [-0.3, -0.25) is 4.79 Å². The highest BCUT2D eigenvalue weighted by atomic mass is 35.5. The molecule has 1 fully saturated rings. The number of nitrogens with zero attached hydrogens (tertiary/aromatic N) is 1. The van der Waals surface area contributed by atoms with E-state index in [0.29, 0.717) is 26.7 Å². The van der Waals surface area contributed by atoms with Gasteiger partial charge in [0, 0.05) is 11.1 Å². The first kappa shape index (κ1) is 19.6. The number of fused-ring (bicyclic) bond motifs is 1. The number of aromatic nitrogens is 1. The number of carbonyl (C=O) groups excluding carboxylic acids is 1. The van der Waals surface area contributed by atoms with E-state index in [2.05, 4.69) is 10.3 Å². The number of anilines is 1. The van der Waals surface area contributed by atoms with Crippen LogP contribution in [0.2, 0.25) is 10.0 Å². The number of amides is 1. The van der Waals surface area contributed by atoms with Crippen LogP contribution in [0.4, 0.5) is 5.13 Å². The van der Waals surface area contributed by atoms with Crippen molar-refractivity contribution in [3.05, 3.63) is 68.6 Å². The van der Waals surface area contributed by atoms with E-state index in [0.717, 1.165) is 28.8 Å². The third-order valence-electron chi connectivity index (χ3n) is 5.46. The molecule has 1 aliphatic heterocycles. The first-order valence-electron chi connectivity index (χ1n) is 9.34. The van der Waals surface area contributed by atoms with Crippen molar-refractivity contribution in [2.75, 3.05) is 12.1 Å². The molecule has 6 nitrogen and oxygen atoms in total. The van der Waals surface area contributed by atoms with E-state index in [-0.39, 0.29) is 12.7 Å². The second kappa shape index (κ2) is 7.42. The normalized spacial score (nSPS) is 16.9. The molecule has 1 unspecified atom stereocenters. The van der Waals surface area contributed by atoms with E-state index >= 15 is 0 Å². The van der Waals surface area contributed by atoms with Crippen LogP contribution in [-0.2, 0) is 10.2 Å². The van der Waals surface area contributed by atoms with Crippen molar-refractivity contribution in [2.24, 2.45) is 5.73 Å². The average molecular weight is 462 g/mol. The Hall–Kier alpha value is -2.32. The maximum atomic E-state index is 13.0. The van der Waals surface area contributed by atoms with Crippen molar-refractivity contribution in [3.63, 3.8) is 0 Å². The van der Waals surface area contributed by atoms with Gasteiger partial charge < -0.3 is 20.5 Å². The zero-order chi connectivity index (χ0) is 20.9. The Kier molecular flexibility index (Phi) is 4.86. The molecule has 5 rings (SSSR count). The summed E-state index contributed by atoms with van der Waals surface area (Å²) in [5, 5.41) is 4.38. The van der Waals surface area contributed by atoms with Gasteiger partial charge in [-0.05, 0) is 48.2 Å². The Morgan fingerprint density at radius 2 is 1.93 bits per heavy atom. The summed E-state index contributed by atoms with van der Waals surface area (Å²) in [5.74, 6) is 1.30. The van der Waals surface area contributed by atoms with Gasteiger partial charge in [-0.25, -0.2) is 4.98 Å². The van der Waals surface area contributed by atoms with Crippen molar-refractivity contribution in [2.45, 2.75) is 24.3 Å². The van der Waals surface area contributed by atoms with Crippen LogP contribution in [0.25, 0.3) is 0 Å². The SMILES string of the molecule is NC(c1ccc(Cl)c(Cl)c1)c1cnc(NC(=O)C2(c3ccc4c(c3)OCO4)CC2)s1. The molecule has 9 heteroatoms. The van der Waals surface area contributed by atoms with Crippen molar-refractivity contribution in [1.82, 2.24) is 4.98 Å². The lowest BCUT2D eigenvalue weighted by molar-refractivity contribution is -0.118. The van der Waals surface area contributed by atoms with E-state index in [1.165, 1.54) is 11.3 Å². The third-order valence-corrected chi connectivity index (χ3v) is 7.20. The zero-order valence-electron chi connectivity index (χ0n) is 15.7. The molecule has 3 N–H and O–H groups in total. The summed E-state index contributed by atoms with van der Waals surface area (Å²) in [6.07, 6.45) is 3.23. The van der Waals surface area contributed by atoms with Gasteiger partial charge in [-0.15, -0.1) is 0 Å². The molecule has 1 aliphatic carbocycles. The molecule has 154 valence electrons. The van der Waals surface area contributed by atoms with Crippen molar-refractivity contribution >= 4 is 45.6 Å². The topological polar surface area (TPSA) is 86.5 Å². The van der Waals surface area contributed by atoms with E-state index in [4.69, 9.17) is 38.4 Å². The summed E-state index contributed by atoms with van der Waals surface area (Å²) in [4.78, 5) is 18.2. The van der Waals surface area contributed by atoms with Gasteiger partial charge in [0.25, 0.3) is 0 Å². The molecule has 1 saturated carbocycles. The number of rotatable bonds is 5. The lowest BCUT2D eigenvalue weighted by atomic mass is 9.94. The predicted octanol–water partition coefficient (Wildman–Crippen LogP) is 4.90. The van der Waals surface area contributed by atoms with Crippen LogP contribution in [0.15, 0.2) is 42.6 Å². The number of carbonyl (C=O) groups is 1. The average Bonchev–Trinajstić information content (AvgIpc) is 3.20. The van der Waals surface area contributed by atoms with Crippen LogP contribution in [-0.4, -0.2) is 17.7 Å². The maximum Gasteiger partial charge on any atom is 0.236 e. The number of halogens is 2. The van der Waals surface area contributed by atoms with Gasteiger partial charge in [0.2, 0.25) is 12.7 Å². The monoisotopic (exact) mass is 461 g/mol. The number of thiazole rings is 1. The number of ether oxygens (including phenoxy) is 2. The van der Waals surface area contributed by atoms with Crippen LogP contribution in [0.1, 0.15) is 34.9 Å². The molecular formula is C21H17Cl2N3O3S. The number of benzene rings is 2. The number of hydrogen-bond donors (Lipinski definition) is 2. The first-order valence-corrected chi connectivity index (χ1v) is 10.9. The van der Waals surface area contributed by atoms with Gasteiger partial charge in [-0.1, -0.05) is 46.7 Å². The molecule has 30 heavy (non-hydrogen) atoms. The van der Waals surface area contributed by atoms with E-state index in [1.807, 2.05) is 24.3 Å². The van der Waals surface area contributed by atoms with Gasteiger partial charge in [0.15, 0.2) is 16.6 Å². The lowest BCUT2D eigenvalue weighted by Gasteiger charge is -2.15. The number of nitrogens with one attached hydrogen (secondary N) is 1. The zero-order valence-corrected chi connectivity index (χ0v) is 18.0. The first-order chi connectivity index (χ1) is 14.5. The summed E-state index contributed by atoms with van der Waals surface area (Å²) in [6, 6.07) is 10.5. The van der Waals surface area contributed by atoms with Gasteiger partial charge in [0.1, 0.15) is 0 Å². The highest BCUT2D eigenvalue weighted by Crippen LogP contribution is 2.51. The second-order valence-corrected chi connectivity index (χ2v) is 9.20. The van der Waals surface area contributed by atoms with E-state index in [1.54, 1.807) is 18.3 Å². The Morgan fingerprint density at radius 3 is 2.70 bits per heavy atom. The molecule has 0 spiro atoms. The summed E-state index contributed by atoms with van der Waals surface area (Å²) >= 11 is 13.4. The molecule has 0 bridgehead atoms. The largest absolute Gasteiger partial charge is 0.454 e. The Morgan fingerprint density at radius 1 is 1.13 bits per heavy atom. The molecule has 0 radical (unpaired) electrons. The van der Waals surface area contributed by atoms with Crippen molar-refractivity contribution < 1.29 is 14.3 Å². The standard InChI is InChI=1S/C21H17Cl2N3O3S/c22-13-3-1-11(7-14(13)23)18(24)17-9-25-20(30-17)26-19(27)21(5-6-21)12-2-4-15-16(8-12)29-10-28-15/h1-4,7-9,18H,5-6,10,24H2,(H,25,26,27). The quantitative estimate of drug-likeness (QED) is 0.564. The van der Waals surface area contributed by atoms with Crippen molar-refractivity contribution in [1.29, 1.82) is 0 Å². The van der Waals surface area contributed by atoms with Crippen LogP contribution in [0.5, 0.6) is 11.5 Å². The molecule has 2 aromatic carbocycles. The molecule has 2 heterocycles. The molecule has 0 saturated heterocycles. The molecule has 1 aromatic heterocycles. The molecule has 2 aliphatic rings. The minimum atomic E-state index is -0.557. The van der Waals surface area contributed by atoms with E-state index < -0.39 is 11.5 Å². The molecule has 1 atom stereocenters. The smallest absolute Gasteiger partial charge is 0.236 e. The second-order valence-electron chi connectivity index (χ2n) is 7.32. The molecular weight excluding hydrogens is 445 g/mol. The summed E-state index contributed by atoms with van der Waals surface area (Å²) in [7, 11) is 0. The number of hydrogen-bond acceptors (Lipinski definition) is 6. The van der Waals surface area contributed by atoms with Gasteiger partial charge >= 0.3 is 0 Å².